The second kappa shape index (κ2) is 10.7. The molecule has 2 aromatic heterocycles. The van der Waals surface area contributed by atoms with Crippen molar-refractivity contribution in [2.45, 2.75) is 58.3 Å². The fourth-order valence-electron chi connectivity index (χ4n) is 3.56. The number of aryl methyl sites for hydroxylation is 3. The van der Waals surface area contributed by atoms with E-state index in [2.05, 4.69) is 35.8 Å². The lowest BCUT2D eigenvalue weighted by atomic mass is 10.1. The van der Waals surface area contributed by atoms with Crippen molar-refractivity contribution in [3.63, 3.8) is 0 Å². The Morgan fingerprint density at radius 1 is 1.00 bits per heavy atom. The Morgan fingerprint density at radius 2 is 1.79 bits per heavy atom. The molecule has 0 atom stereocenters. The normalized spacial score (nSPS) is 11.1. The zero-order valence-corrected chi connectivity index (χ0v) is 18.4. The number of rotatable bonds is 11. The number of hydrogen-bond acceptors (Lipinski definition) is 2. The number of carboxylic acid groups (broad SMARTS) is 1. The minimum atomic E-state index is -0.851. The van der Waals surface area contributed by atoms with E-state index in [-0.39, 0.29) is 0 Å². The number of benzene rings is 1. The van der Waals surface area contributed by atoms with Gasteiger partial charge in [0.25, 0.3) is 0 Å². The third-order valence-corrected chi connectivity index (χ3v) is 6.47. The van der Waals surface area contributed by atoms with Crippen molar-refractivity contribution in [3.05, 3.63) is 74.7 Å². The molecule has 1 aromatic carbocycles. The molecule has 0 spiro atoms. The van der Waals surface area contributed by atoms with Crippen molar-refractivity contribution in [2.75, 3.05) is 0 Å². The first-order valence-electron chi connectivity index (χ1n) is 10.3. The van der Waals surface area contributed by atoms with Crippen LogP contribution in [0.2, 0.25) is 5.02 Å². The summed E-state index contributed by atoms with van der Waals surface area (Å²) in [4.78, 5) is 12.5. The van der Waals surface area contributed by atoms with Gasteiger partial charge in [0.05, 0.1) is 5.02 Å². The van der Waals surface area contributed by atoms with E-state index in [4.69, 9.17) is 16.7 Å². The second-order valence-corrected chi connectivity index (χ2v) is 9.03. The minimum Gasteiger partial charge on any atom is -0.477 e. The van der Waals surface area contributed by atoms with E-state index >= 15 is 0 Å². The third-order valence-electron chi connectivity index (χ3n) is 5.13. The van der Waals surface area contributed by atoms with Gasteiger partial charge in [-0.15, -0.1) is 11.3 Å². The van der Waals surface area contributed by atoms with E-state index in [0.29, 0.717) is 4.88 Å². The molecule has 0 unspecified atom stereocenters. The van der Waals surface area contributed by atoms with E-state index in [1.807, 2.05) is 18.3 Å². The number of carboxylic acids is 1. The van der Waals surface area contributed by atoms with Gasteiger partial charge in [-0.1, -0.05) is 49.9 Å². The Balaban J connectivity index is 1.60. The van der Waals surface area contributed by atoms with Crippen LogP contribution in [0.4, 0.5) is 0 Å². The second-order valence-electron chi connectivity index (χ2n) is 7.42. The molecule has 1 N–H and O–H groups in total. The summed E-state index contributed by atoms with van der Waals surface area (Å²) < 4.78 is 2.17. The number of aromatic carboxylic acids is 1. The van der Waals surface area contributed by atoms with Gasteiger partial charge in [0.1, 0.15) is 4.88 Å². The third kappa shape index (κ3) is 6.22. The van der Waals surface area contributed by atoms with Crippen LogP contribution >= 0.6 is 22.9 Å². The first-order chi connectivity index (χ1) is 14.1. The lowest BCUT2D eigenvalue weighted by Crippen LogP contribution is -2.00. The standard InChI is InChI=1S/C24H28ClNO2S/c1-2-3-4-5-7-18-10-12-20(13-11-18)26-17-19(25)16-21(26)8-6-9-22-14-15-23(29-22)24(27)28/h10-17H,2-9H2,1H3,(H,27,28). The molecule has 5 heteroatoms. The average molecular weight is 430 g/mol. The molecule has 0 fully saturated rings. The summed E-state index contributed by atoms with van der Waals surface area (Å²) in [6.45, 7) is 2.24. The molecule has 0 amide bonds. The number of hydrogen-bond donors (Lipinski definition) is 1. The Morgan fingerprint density at radius 3 is 2.48 bits per heavy atom. The summed E-state index contributed by atoms with van der Waals surface area (Å²) in [7, 11) is 0. The Bertz CT molecular complexity index is 927. The van der Waals surface area contributed by atoms with Gasteiger partial charge >= 0.3 is 5.97 Å². The van der Waals surface area contributed by atoms with Crippen molar-refractivity contribution in [1.29, 1.82) is 0 Å². The predicted molar refractivity (Wildman–Crippen MR) is 122 cm³/mol. The van der Waals surface area contributed by atoms with Crippen LogP contribution in [-0.2, 0) is 19.3 Å². The maximum Gasteiger partial charge on any atom is 0.345 e. The van der Waals surface area contributed by atoms with E-state index in [1.165, 1.54) is 48.3 Å². The van der Waals surface area contributed by atoms with E-state index < -0.39 is 5.97 Å². The van der Waals surface area contributed by atoms with Crippen LogP contribution in [0.5, 0.6) is 0 Å². The van der Waals surface area contributed by atoms with Crippen LogP contribution in [0.25, 0.3) is 5.69 Å². The van der Waals surface area contributed by atoms with Gasteiger partial charge in [0.2, 0.25) is 0 Å². The quantitative estimate of drug-likeness (QED) is 0.328. The molecule has 2 heterocycles. The molecule has 154 valence electrons. The van der Waals surface area contributed by atoms with Crippen molar-refractivity contribution < 1.29 is 9.90 Å². The van der Waals surface area contributed by atoms with Crippen LogP contribution in [0, 0.1) is 0 Å². The predicted octanol–water partition coefficient (Wildman–Crippen LogP) is 7.19. The summed E-state index contributed by atoms with van der Waals surface area (Å²) in [6.07, 6.45) is 11.0. The molecule has 29 heavy (non-hydrogen) atoms. The highest BCUT2D eigenvalue weighted by Gasteiger charge is 2.10. The number of halogens is 1. The fraction of sp³-hybridized carbons (Fsp3) is 0.375. The number of aromatic nitrogens is 1. The SMILES string of the molecule is CCCCCCc1ccc(-n2cc(Cl)cc2CCCc2ccc(C(=O)O)s2)cc1. The lowest BCUT2D eigenvalue weighted by molar-refractivity contribution is 0.0702. The smallest absolute Gasteiger partial charge is 0.345 e. The molecular formula is C24H28ClNO2S. The largest absolute Gasteiger partial charge is 0.477 e. The van der Waals surface area contributed by atoms with Crippen LogP contribution in [-0.4, -0.2) is 15.6 Å². The first-order valence-corrected chi connectivity index (χ1v) is 11.5. The summed E-state index contributed by atoms with van der Waals surface area (Å²) in [5.74, 6) is -0.851. The molecule has 0 aliphatic heterocycles. The van der Waals surface area contributed by atoms with Gasteiger partial charge in [-0.05, 0) is 68.0 Å². The van der Waals surface area contributed by atoms with Gasteiger partial charge < -0.3 is 9.67 Å². The molecule has 0 bridgehead atoms. The van der Waals surface area contributed by atoms with Gasteiger partial charge in [0, 0.05) is 22.5 Å². The molecule has 0 radical (unpaired) electrons. The zero-order valence-electron chi connectivity index (χ0n) is 16.9. The van der Waals surface area contributed by atoms with Gasteiger partial charge in [-0.2, -0.15) is 0 Å². The molecule has 3 rings (SSSR count). The van der Waals surface area contributed by atoms with Crippen molar-refractivity contribution >= 4 is 28.9 Å². The maximum atomic E-state index is 11.0. The van der Waals surface area contributed by atoms with Gasteiger partial charge in [0.15, 0.2) is 0 Å². The minimum absolute atomic E-state index is 0.404. The summed E-state index contributed by atoms with van der Waals surface area (Å²) in [6, 6.07) is 14.4. The summed E-state index contributed by atoms with van der Waals surface area (Å²) in [5, 5.41) is 9.79. The number of unbranched alkanes of at least 4 members (excludes halogenated alkanes) is 3. The van der Waals surface area contributed by atoms with Crippen LogP contribution in [0.15, 0.2) is 48.7 Å². The molecule has 3 aromatic rings. The molecule has 0 saturated carbocycles. The Kier molecular flexibility index (Phi) is 7.96. The average Bonchev–Trinajstić information content (AvgIpc) is 3.33. The summed E-state index contributed by atoms with van der Waals surface area (Å²) >= 11 is 7.66. The zero-order chi connectivity index (χ0) is 20.6. The number of thiophene rings is 1. The maximum absolute atomic E-state index is 11.0. The highest BCUT2D eigenvalue weighted by molar-refractivity contribution is 7.13. The van der Waals surface area contributed by atoms with Gasteiger partial charge in [-0.3, -0.25) is 0 Å². The van der Waals surface area contributed by atoms with E-state index in [9.17, 15) is 4.79 Å². The highest BCUT2D eigenvalue weighted by Crippen LogP contribution is 2.23. The fourth-order valence-corrected chi connectivity index (χ4v) is 4.67. The molecule has 0 aliphatic carbocycles. The van der Waals surface area contributed by atoms with Crippen LogP contribution in [0.1, 0.15) is 64.8 Å². The van der Waals surface area contributed by atoms with Crippen molar-refractivity contribution in [1.82, 2.24) is 4.57 Å². The monoisotopic (exact) mass is 429 g/mol. The Hall–Kier alpha value is -2.04. The summed E-state index contributed by atoms with van der Waals surface area (Å²) in [5.41, 5.74) is 3.70. The molecule has 3 nitrogen and oxygen atoms in total. The van der Waals surface area contributed by atoms with Gasteiger partial charge in [-0.25, -0.2) is 4.79 Å². The van der Waals surface area contributed by atoms with E-state index in [1.54, 1.807) is 6.07 Å². The topological polar surface area (TPSA) is 42.2 Å². The Labute approximate surface area is 182 Å². The highest BCUT2D eigenvalue weighted by atomic mass is 35.5. The van der Waals surface area contributed by atoms with Crippen LogP contribution in [0.3, 0.4) is 0 Å². The molecule has 0 aliphatic rings. The first kappa shape index (κ1) is 21.7. The number of nitrogens with zero attached hydrogens (tertiary/aromatic N) is 1. The molecule has 0 saturated heterocycles. The van der Waals surface area contributed by atoms with E-state index in [0.717, 1.165) is 41.3 Å². The lowest BCUT2D eigenvalue weighted by Gasteiger charge is -2.10. The van der Waals surface area contributed by atoms with Crippen molar-refractivity contribution in [2.24, 2.45) is 0 Å². The molecular weight excluding hydrogens is 402 g/mol. The number of carbonyl (C=O) groups is 1. The van der Waals surface area contributed by atoms with Crippen LogP contribution < -0.4 is 0 Å². The van der Waals surface area contributed by atoms with Crippen molar-refractivity contribution in [3.8, 4) is 5.69 Å².